The lowest BCUT2D eigenvalue weighted by Gasteiger charge is -2.47. The highest BCUT2D eigenvalue weighted by atomic mass is 32.2. The standard InChI is InChI=1S/C15H33N3O2S/c1-5-11-18(21(19,20)17(6-2)7-3)15(13-16)10-8-9-14(4)12-15/h14H,5-13,16H2,1-4H3. The van der Waals surface area contributed by atoms with Crippen LogP contribution >= 0.6 is 0 Å². The summed E-state index contributed by atoms with van der Waals surface area (Å²) in [4.78, 5) is 0. The molecule has 0 saturated heterocycles. The first kappa shape index (κ1) is 18.9. The Labute approximate surface area is 131 Å². The number of hydrogen-bond acceptors (Lipinski definition) is 3. The minimum Gasteiger partial charge on any atom is -0.329 e. The zero-order valence-electron chi connectivity index (χ0n) is 14.1. The Morgan fingerprint density at radius 1 is 1.24 bits per heavy atom. The second kappa shape index (κ2) is 7.90. The zero-order valence-corrected chi connectivity index (χ0v) is 15.0. The molecular weight excluding hydrogens is 286 g/mol. The quantitative estimate of drug-likeness (QED) is 0.746. The van der Waals surface area contributed by atoms with Crippen molar-refractivity contribution in [1.82, 2.24) is 8.61 Å². The van der Waals surface area contributed by atoms with Crippen molar-refractivity contribution >= 4 is 10.2 Å². The molecule has 1 aliphatic rings. The molecule has 0 bridgehead atoms. The van der Waals surface area contributed by atoms with Crippen LogP contribution in [-0.4, -0.2) is 48.7 Å². The van der Waals surface area contributed by atoms with Gasteiger partial charge in [0.25, 0.3) is 10.2 Å². The van der Waals surface area contributed by atoms with E-state index in [0.29, 0.717) is 32.1 Å². The fourth-order valence-electron chi connectivity index (χ4n) is 3.64. The van der Waals surface area contributed by atoms with Crippen LogP contribution in [0.5, 0.6) is 0 Å². The maximum atomic E-state index is 13.0. The third-order valence-electron chi connectivity index (χ3n) is 4.71. The molecule has 2 unspecified atom stereocenters. The smallest absolute Gasteiger partial charge is 0.282 e. The third-order valence-corrected chi connectivity index (χ3v) is 7.01. The molecule has 0 spiro atoms. The van der Waals surface area contributed by atoms with Gasteiger partial charge in [-0.15, -0.1) is 0 Å². The normalized spacial score (nSPS) is 27.5. The van der Waals surface area contributed by atoms with Gasteiger partial charge in [-0.2, -0.15) is 17.0 Å². The van der Waals surface area contributed by atoms with E-state index in [1.807, 2.05) is 20.8 Å². The van der Waals surface area contributed by atoms with E-state index >= 15 is 0 Å². The van der Waals surface area contributed by atoms with Gasteiger partial charge in [0.05, 0.1) is 0 Å². The number of nitrogens with two attached hydrogens (primary N) is 1. The van der Waals surface area contributed by atoms with Crippen LogP contribution in [0.2, 0.25) is 0 Å². The number of rotatable bonds is 8. The lowest BCUT2D eigenvalue weighted by Crippen LogP contribution is -2.61. The van der Waals surface area contributed by atoms with Crippen molar-refractivity contribution in [3.63, 3.8) is 0 Å². The molecule has 2 atom stereocenters. The van der Waals surface area contributed by atoms with Crippen LogP contribution in [0.1, 0.15) is 59.8 Å². The van der Waals surface area contributed by atoms with Gasteiger partial charge in [0.1, 0.15) is 0 Å². The van der Waals surface area contributed by atoms with Gasteiger partial charge in [-0.25, -0.2) is 0 Å². The first-order valence-electron chi connectivity index (χ1n) is 8.35. The minimum atomic E-state index is -3.43. The molecule has 0 aliphatic heterocycles. The van der Waals surface area contributed by atoms with Crippen molar-refractivity contribution in [3.05, 3.63) is 0 Å². The molecule has 0 radical (unpaired) electrons. The molecule has 1 saturated carbocycles. The van der Waals surface area contributed by atoms with Crippen LogP contribution < -0.4 is 5.73 Å². The second-order valence-electron chi connectivity index (χ2n) is 6.29. The van der Waals surface area contributed by atoms with Crippen molar-refractivity contribution in [3.8, 4) is 0 Å². The van der Waals surface area contributed by atoms with E-state index in [4.69, 9.17) is 5.73 Å². The van der Waals surface area contributed by atoms with Crippen LogP contribution in [0, 0.1) is 5.92 Å². The third kappa shape index (κ3) is 3.97. The van der Waals surface area contributed by atoms with E-state index in [0.717, 1.165) is 25.7 Å². The molecule has 5 nitrogen and oxygen atoms in total. The fraction of sp³-hybridized carbons (Fsp3) is 1.00. The molecule has 1 aliphatic carbocycles. The molecule has 0 aromatic carbocycles. The van der Waals surface area contributed by atoms with Gasteiger partial charge in [0.15, 0.2) is 0 Å². The minimum absolute atomic E-state index is 0.394. The molecule has 2 N–H and O–H groups in total. The Bertz CT molecular complexity index is 409. The van der Waals surface area contributed by atoms with Gasteiger partial charge in [-0.1, -0.05) is 40.5 Å². The maximum absolute atomic E-state index is 13.0. The van der Waals surface area contributed by atoms with Crippen molar-refractivity contribution in [1.29, 1.82) is 0 Å². The summed E-state index contributed by atoms with van der Waals surface area (Å²) in [6.45, 7) is 10.0. The maximum Gasteiger partial charge on any atom is 0.282 e. The monoisotopic (exact) mass is 319 g/mol. The van der Waals surface area contributed by atoms with Crippen LogP contribution in [0.3, 0.4) is 0 Å². The lowest BCUT2D eigenvalue weighted by atomic mass is 9.76. The van der Waals surface area contributed by atoms with Gasteiger partial charge >= 0.3 is 0 Å². The van der Waals surface area contributed by atoms with Crippen LogP contribution in [0.25, 0.3) is 0 Å². The Morgan fingerprint density at radius 2 is 1.86 bits per heavy atom. The average molecular weight is 320 g/mol. The van der Waals surface area contributed by atoms with Gasteiger partial charge in [-0.3, -0.25) is 0 Å². The Morgan fingerprint density at radius 3 is 2.29 bits per heavy atom. The van der Waals surface area contributed by atoms with Crippen molar-refractivity contribution in [2.24, 2.45) is 11.7 Å². The van der Waals surface area contributed by atoms with Crippen molar-refractivity contribution in [2.75, 3.05) is 26.2 Å². The molecular formula is C15H33N3O2S. The van der Waals surface area contributed by atoms with Gasteiger partial charge in [0, 0.05) is 31.7 Å². The predicted octanol–water partition coefficient (Wildman–Crippen LogP) is 2.19. The first-order chi connectivity index (χ1) is 9.87. The molecule has 1 fully saturated rings. The largest absolute Gasteiger partial charge is 0.329 e. The van der Waals surface area contributed by atoms with Crippen molar-refractivity contribution in [2.45, 2.75) is 65.3 Å². The Balaban J connectivity index is 3.19. The van der Waals surface area contributed by atoms with E-state index in [-0.39, 0.29) is 0 Å². The van der Waals surface area contributed by atoms with Crippen LogP contribution in [-0.2, 0) is 10.2 Å². The molecule has 0 amide bonds. The van der Waals surface area contributed by atoms with Gasteiger partial charge in [0.2, 0.25) is 0 Å². The van der Waals surface area contributed by atoms with Gasteiger partial charge < -0.3 is 5.73 Å². The number of hydrogen-bond donors (Lipinski definition) is 1. The van der Waals surface area contributed by atoms with Gasteiger partial charge in [-0.05, 0) is 25.2 Å². The average Bonchev–Trinajstić information content (AvgIpc) is 2.45. The second-order valence-corrected chi connectivity index (χ2v) is 8.15. The molecule has 21 heavy (non-hydrogen) atoms. The summed E-state index contributed by atoms with van der Waals surface area (Å²) in [5.41, 5.74) is 5.69. The highest BCUT2D eigenvalue weighted by Crippen LogP contribution is 2.38. The molecule has 1 rings (SSSR count). The summed E-state index contributed by atoms with van der Waals surface area (Å²) in [5.74, 6) is 0.536. The Hall–Kier alpha value is -0.170. The first-order valence-corrected chi connectivity index (χ1v) is 9.75. The summed E-state index contributed by atoms with van der Waals surface area (Å²) in [6.07, 6.45) is 4.81. The zero-order chi connectivity index (χ0) is 16.1. The van der Waals surface area contributed by atoms with E-state index in [2.05, 4.69) is 6.92 Å². The molecule has 126 valence electrons. The predicted molar refractivity (Wildman–Crippen MR) is 88.3 cm³/mol. The van der Waals surface area contributed by atoms with Crippen molar-refractivity contribution < 1.29 is 8.42 Å². The molecule has 0 aromatic rings. The summed E-state index contributed by atoms with van der Waals surface area (Å²) in [7, 11) is -3.43. The van der Waals surface area contributed by atoms with E-state index < -0.39 is 15.7 Å². The summed E-state index contributed by atoms with van der Waals surface area (Å²) < 4.78 is 29.4. The highest BCUT2D eigenvalue weighted by molar-refractivity contribution is 7.86. The van der Waals surface area contributed by atoms with E-state index in [1.54, 1.807) is 8.61 Å². The lowest BCUT2D eigenvalue weighted by molar-refractivity contribution is 0.102. The summed E-state index contributed by atoms with van der Waals surface area (Å²) in [5, 5.41) is 0. The number of nitrogens with zero attached hydrogens (tertiary/aromatic N) is 2. The molecule has 0 heterocycles. The summed E-state index contributed by atoms with van der Waals surface area (Å²) in [6, 6.07) is 0. The topological polar surface area (TPSA) is 66.6 Å². The van der Waals surface area contributed by atoms with E-state index in [9.17, 15) is 8.42 Å². The SMILES string of the molecule is CCCN(C1(CN)CCCC(C)C1)S(=O)(=O)N(CC)CC. The summed E-state index contributed by atoms with van der Waals surface area (Å²) >= 11 is 0. The van der Waals surface area contributed by atoms with Crippen LogP contribution in [0.15, 0.2) is 0 Å². The fourth-order valence-corrected chi connectivity index (χ4v) is 5.71. The van der Waals surface area contributed by atoms with E-state index in [1.165, 1.54) is 6.42 Å². The van der Waals surface area contributed by atoms with Crippen LogP contribution in [0.4, 0.5) is 0 Å². The highest BCUT2D eigenvalue weighted by Gasteiger charge is 2.45. The molecule has 0 aromatic heterocycles. The molecule has 6 heteroatoms. The Kier molecular flexibility index (Phi) is 7.10.